The van der Waals surface area contributed by atoms with Gasteiger partial charge in [0.15, 0.2) is 11.6 Å². The van der Waals surface area contributed by atoms with Gasteiger partial charge in [0.25, 0.3) is 0 Å². The van der Waals surface area contributed by atoms with Gasteiger partial charge in [0.2, 0.25) is 0 Å². The molecule has 2 nitrogen and oxygen atoms in total. The lowest BCUT2D eigenvalue weighted by Crippen LogP contribution is -2.37. The second-order valence-electron chi connectivity index (χ2n) is 3.88. The predicted octanol–water partition coefficient (Wildman–Crippen LogP) is 2.50. The fourth-order valence-electron chi connectivity index (χ4n) is 1.92. The molecule has 0 saturated carbocycles. The zero-order valence-electron chi connectivity index (χ0n) is 7.59. The van der Waals surface area contributed by atoms with Crippen molar-refractivity contribution in [3.63, 3.8) is 0 Å². The van der Waals surface area contributed by atoms with Gasteiger partial charge in [-0.2, -0.15) is 0 Å². The summed E-state index contributed by atoms with van der Waals surface area (Å²) >= 11 is 6.51. The second kappa shape index (κ2) is 3.01. The second-order valence-corrected chi connectivity index (χ2v) is 5.85. The summed E-state index contributed by atoms with van der Waals surface area (Å²) in [7, 11) is 0. The summed E-state index contributed by atoms with van der Waals surface area (Å²) in [4.78, 5) is 23.0. The number of fused-ring (bicyclic) bond motifs is 2. The Balaban J connectivity index is 2.24. The molecule has 1 aromatic rings. The van der Waals surface area contributed by atoms with Crippen LogP contribution in [0.5, 0.6) is 0 Å². The average molecular weight is 330 g/mol. The Kier molecular flexibility index (Phi) is 1.95. The molecule has 0 amide bonds. The lowest BCUT2D eigenvalue weighted by molar-refractivity contribution is 0.0907. The highest BCUT2D eigenvalue weighted by atomic mass is 79.9. The minimum Gasteiger partial charge on any atom is -0.293 e. The normalized spacial score (nSPS) is 27.3. The van der Waals surface area contributed by atoms with E-state index in [0.29, 0.717) is 11.1 Å². The van der Waals surface area contributed by atoms with E-state index in [1.54, 1.807) is 0 Å². The number of halogens is 2. The number of carbonyl (C=O) groups excluding carboxylic acids is 2. The molecule has 0 N–H and O–H groups in total. The molecule has 0 aliphatic heterocycles. The maximum Gasteiger partial charge on any atom is 0.178 e. The molecule has 15 heavy (non-hydrogen) atoms. The van der Waals surface area contributed by atoms with E-state index >= 15 is 0 Å². The SMILES string of the molecule is O=C1c2cc3c(cc2C(=O)[C@H](Br)[C@H]1Br)C3. The molecule has 2 atom stereocenters. The van der Waals surface area contributed by atoms with Crippen LogP contribution in [0.2, 0.25) is 0 Å². The maximum absolute atomic E-state index is 11.9. The summed E-state index contributed by atoms with van der Waals surface area (Å²) in [5.41, 5.74) is 3.55. The summed E-state index contributed by atoms with van der Waals surface area (Å²) in [6.45, 7) is 0. The van der Waals surface area contributed by atoms with Gasteiger partial charge in [0.1, 0.15) is 0 Å². The molecule has 1 aromatic carbocycles. The Hall–Kier alpha value is -0.480. The summed E-state index contributed by atoms with van der Waals surface area (Å²) < 4.78 is 0. The Morgan fingerprint density at radius 2 is 1.33 bits per heavy atom. The fraction of sp³-hybridized carbons (Fsp3) is 0.273. The smallest absolute Gasteiger partial charge is 0.178 e. The molecule has 0 fully saturated rings. The minimum atomic E-state index is -0.436. The van der Waals surface area contributed by atoms with E-state index in [1.165, 1.54) is 11.1 Å². The van der Waals surface area contributed by atoms with Gasteiger partial charge >= 0.3 is 0 Å². The first-order valence-corrected chi connectivity index (χ1v) is 6.45. The Morgan fingerprint density at radius 1 is 0.933 bits per heavy atom. The van der Waals surface area contributed by atoms with Gasteiger partial charge in [-0.1, -0.05) is 31.9 Å². The molecule has 0 heterocycles. The van der Waals surface area contributed by atoms with Crippen molar-refractivity contribution in [2.24, 2.45) is 0 Å². The summed E-state index contributed by atoms with van der Waals surface area (Å²) in [5.74, 6) is 0.00218. The van der Waals surface area contributed by atoms with Crippen molar-refractivity contribution in [1.82, 2.24) is 0 Å². The van der Waals surface area contributed by atoms with Crippen molar-refractivity contribution < 1.29 is 9.59 Å². The number of Topliss-reactive ketones (excluding diaryl/α,β-unsaturated/α-hetero) is 2. The van der Waals surface area contributed by atoms with Gasteiger partial charge in [-0.05, 0) is 29.7 Å². The third-order valence-electron chi connectivity index (χ3n) is 2.88. The Labute approximate surface area is 103 Å². The summed E-state index contributed by atoms with van der Waals surface area (Å²) in [6, 6.07) is 3.72. The van der Waals surface area contributed by atoms with Crippen molar-refractivity contribution in [3.05, 3.63) is 34.4 Å². The molecule has 2 aliphatic carbocycles. The number of benzene rings is 1. The van der Waals surface area contributed by atoms with E-state index in [0.717, 1.165) is 6.42 Å². The van der Waals surface area contributed by atoms with Crippen LogP contribution in [-0.4, -0.2) is 21.2 Å². The summed E-state index contributed by atoms with van der Waals surface area (Å²) in [5, 5.41) is 0. The van der Waals surface area contributed by atoms with Gasteiger partial charge in [0.05, 0.1) is 9.65 Å². The third-order valence-corrected chi connectivity index (χ3v) is 5.48. The van der Waals surface area contributed by atoms with Crippen LogP contribution >= 0.6 is 31.9 Å². The van der Waals surface area contributed by atoms with Crippen LogP contribution in [0.1, 0.15) is 31.8 Å². The lowest BCUT2D eigenvalue weighted by Gasteiger charge is -2.22. The van der Waals surface area contributed by atoms with Crippen molar-refractivity contribution in [2.45, 2.75) is 16.1 Å². The molecule has 2 aliphatic rings. The molecule has 0 spiro atoms. The molecular weight excluding hydrogens is 324 g/mol. The topological polar surface area (TPSA) is 34.1 Å². The van der Waals surface area contributed by atoms with Gasteiger partial charge in [-0.3, -0.25) is 9.59 Å². The fourth-order valence-corrected chi connectivity index (χ4v) is 2.90. The first-order chi connectivity index (χ1) is 7.09. The Bertz CT molecular complexity index is 463. The van der Waals surface area contributed by atoms with E-state index in [2.05, 4.69) is 31.9 Å². The number of carbonyl (C=O) groups is 2. The van der Waals surface area contributed by atoms with Gasteiger partial charge in [-0.25, -0.2) is 0 Å². The average Bonchev–Trinajstić information content (AvgIpc) is 2.99. The van der Waals surface area contributed by atoms with E-state index in [9.17, 15) is 9.59 Å². The van der Waals surface area contributed by atoms with Crippen LogP contribution in [-0.2, 0) is 6.42 Å². The number of rotatable bonds is 0. The van der Waals surface area contributed by atoms with Crippen LogP contribution in [0.15, 0.2) is 12.1 Å². The van der Waals surface area contributed by atoms with Crippen molar-refractivity contribution in [2.75, 3.05) is 0 Å². The molecule has 0 aromatic heterocycles. The molecular formula is C11H6Br2O2. The highest BCUT2D eigenvalue weighted by Gasteiger charge is 2.40. The molecule has 0 radical (unpaired) electrons. The van der Waals surface area contributed by atoms with Crippen LogP contribution in [0.4, 0.5) is 0 Å². The first-order valence-electron chi connectivity index (χ1n) is 4.62. The monoisotopic (exact) mass is 328 g/mol. The van der Waals surface area contributed by atoms with Crippen LogP contribution in [0.3, 0.4) is 0 Å². The van der Waals surface area contributed by atoms with Crippen LogP contribution in [0.25, 0.3) is 0 Å². The highest BCUT2D eigenvalue weighted by molar-refractivity contribution is 9.12. The quantitative estimate of drug-likeness (QED) is 0.696. The standard InChI is InChI=1S/C11H6Br2O2/c12-8-9(13)11(15)7-3-5-1-4(5)2-6(7)10(8)14/h2-3,8-9H,1H2/t8-,9-/m1/s1. The molecule has 76 valence electrons. The molecule has 0 saturated heterocycles. The molecule has 4 heteroatoms. The zero-order chi connectivity index (χ0) is 10.7. The van der Waals surface area contributed by atoms with E-state index < -0.39 is 9.65 Å². The zero-order valence-corrected chi connectivity index (χ0v) is 10.8. The minimum absolute atomic E-state index is 0.00109. The Morgan fingerprint density at radius 3 is 1.73 bits per heavy atom. The summed E-state index contributed by atoms with van der Waals surface area (Å²) in [6.07, 6.45) is 0.924. The number of hydrogen-bond donors (Lipinski definition) is 0. The number of hydrogen-bond acceptors (Lipinski definition) is 2. The predicted molar refractivity (Wildman–Crippen MR) is 63.3 cm³/mol. The lowest BCUT2D eigenvalue weighted by atomic mass is 9.89. The van der Waals surface area contributed by atoms with Gasteiger partial charge in [0, 0.05) is 11.1 Å². The molecule has 0 unspecified atom stereocenters. The molecule has 0 bridgehead atoms. The van der Waals surface area contributed by atoms with E-state index in [4.69, 9.17) is 0 Å². The number of alkyl halides is 2. The van der Waals surface area contributed by atoms with Gasteiger partial charge in [-0.15, -0.1) is 0 Å². The molecule has 3 rings (SSSR count). The van der Waals surface area contributed by atoms with E-state index in [-0.39, 0.29) is 11.6 Å². The third kappa shape index (κ3) is 1.27. The van der Waals surface area contributed by atoms with Crippen molar-refractivity contribution >= 4 is 43.4 Å². The van der Waals surface area contributed by atoms with Gasteiger partial charge < -0.3 is 0 Å². The van der Waals surface area contributed by atoms with Crippen molar-refractivity contribution in [3.8, 4) is 0 Å². The first kappa shape index (κ1) is 9.73. The van der Waals surface area contributed by atoms with Crippen molar-refractivity contribution in [1.29, 1.82) is 0 Å². The number of ketones is 2. The maximum atomic E-state index is 11.9. The highest BCUT2D eigenvalue weighted by Crippen LogP contribution is 2.37. The van der Waals surface area contributed by atoms with Crippen LogP contribution < -0.4 is 0 Å². The van der Waals surface area contributed by atoms with Crippen LogP contribution in [0, 0.1) is 0 Å². The van der Waals surface area contributed by atoms with E-state index in [1.807, 2.05) is 12.1 Å². The largest absolute Gasteiger partial charge is 0.293 e.